The summed E-state index contributed by atoms with van der Waals surface area (Å²) in [5, 5.41) is 8.11. The maximum absolute atomic E-state index is 4.35. The highest BCUT2D eigenvalue weighted by molar-refractivity contribution is 5.18. The lowest BCUT2D eigenvalue weighted by Gasteiger charge is -2.17. The van der Waals surface area contributed by atoms with Crippen LogP contribution in [0.5, 0.6) is 0 Å². The molecule has 0 radical (unpaired) electrons. The van der Waals surface area contributed by atoms with E-state index in [1.54, 1.807) is 0 Å². The van der Waals surface area contributed by atoms with Crippen LogP contribution in [0.25, 0.3) is 0 Å². The Morgan fingerprint density at radius 3 is 2.67 bits per heavy atom. The molecule has 3 heteroatoms. The molecule has 1 aromatic heterocycles. The fourth-order valence-corrected chi connectivity index (χ4v) is 3.92. The Morgan fingerprint density at radius 1 is 1.39 bits per heavy atom. The molecule has 3 rings (SSSR count). The standard InChI is InChI=1S/C15H25N3/c1-3-8-16-15(11-9-17-18(2)10-11)14-12-6-4-5-7-13(12)14/h9-10,12-16H,3-8H2,1-2H3. The summed E-state index contributed by atoms with van der Waals surface area (Å²) in [6, 6.07) is 0.548. The lowest BCUT2D eigenvalue weighted by Crippen LogP contribution is -2.24. The van der Waals surface area contributed by atoms with Crippen LogP contribution in [0, 0.1) is 17.8 Å². The van der Waals surface area contributed by atoms with Crippen molar-refractivity contribution in [2.24, 2.45) is 24.8 Å². The second kappa shape index (κ2) is 5.04. The largest absolute Gasteiger partial charge is 0.310 e. The molecule has 2 saturated carbocycles. The number of hydrogen-bond acceptors (Lipinski definition) is 2. The highest BCUT2D eigenvalue weighted by Crippen LogP contribution is 2.60. The molecule has 1 heterocycles. The SMILES string of the molecule is CCCNC(c1cnn(C)c1)C1C2CCCCC21. The predicted molar refractivity (Wildman–Crippen MR) is 73.2 cm³/mol. The molecule has 2 aliphatic carbocycles. The van der Waals surface area contributed by atoms with Gasteiger partial charge in [0.05, 0.1) is 6.20 Å². The fraction of sp³-hybridized carbons (Fsp3) is 0.800. The first-order chi connectivity index (χ1) is 8.81. The summed E-state index contributed by atoms with van der Waals surface area (Å²) < 4.78 is 1.93. The molecule has 0 bridgehead atoms. The Labute approximate surface area is 110 Å². The lowest BCUT2D eigenvalue weighted by atomic mass is 10.0. The number of rotatable bonds is 5. The first-order valence-electron chi connectivity index (χ1n) is 7.53. The average molecular weight is 247 g/mol. The molecule has 3 nitrogen and oxygen atoms in total. The van der Waals surface area contributed by atoms with E-state index in [2.05, 4.69) is 29.7 Å². The molecule has 3 atom stereocenters. The molecule has 100 valence electrons. The van der Waals surface area contributed by atoms with Gasteiger partial charge < -0.3 is 5.32 Å². The van der Waals surface area contributed by atoms with Crippen LogP contribution in [0.1, 0.15) is 50.6 Å². The zero-order valence-corrected chi connectivity index (χ0v) is 11.6. The van der Waals surface area contributed by atoms with Crippen molar-refractivity contribution in [2.75, 3.05) is 6.54 Å². The van der Waals surface area contributed by atoms with Crippen LogP contribution in [0.15, 0.2) is 12.4 Å². The Hall–Kier alpha value is -0.830. The van der Waals surface area contributed by atoms with Crippen molar-refractivity contribution in [1.29, 1.82) is 0 Å². The van der Waals surface area contributed by atoms with Crippen LogP contribution in [-0.2, 0) is 7.05 Å². The van der Waals surface area contributed by atoms with Gasteiger partial charge in [0.15, 0.2) is 0 Å². The van der Waals surface area contributed by atoms with E-state index in [4.69, 9.17) is 0 Å². The zero-order chi connectivity index (χ0) is 12.5. The molecule has 0 saturated heterocycles. The Balaban J connectivity index is 1.74. The van der Waals surface area contributed by atoms with Crippen LogP contribution in [0.4, 0.5) is 0 Å². The number of nitrogens with zero attached hydrogens (tertiary/aromatic N) is 2. The number of aryl methyl sites for hydroxylation is 1. The van der Waals surface area contributed by atoms with Crippen LogP contribution in [0.2, 0.25) is 0 Å². The minimum atomic E-state index is 0.548. The summed E-state index contributed by atoms with van der Waals surface area (Å²) >= 11 is 0. The van der Waals surface area contributed by atoms with Gasteiger partial charge in [0.1, 0.15) is 0 Å². The quantitative estimate of drug-likeness (QED) is 0.867. The second-order valence-electron chi connectivity index (χ2n) is 6.07. The van der Waals surface area contributed by atoms with Crippen molar-refractivity contribution in [2.45, 2.75) is 45.1 Å². The van der Waals surface area contributed by atoms with E-state index in [0.717, 1.165) is 24.3 Å². The topological polar surface area (TPSA) is 29.9 Å². The summed E-state index contributed by atoms with van der Waals surface area (Å²) in [4.78, 5) is 0. The molecule has 1 aromatic rings. The monoisotopic (exact) mass is 247 g/mol. The smallest absolute Gasteiger partial charge is 0.0537 e. The molecule has 1 N–H and O–H groups in total. The van der Waals surface area contributed by atoms with E-state index >= 15 is 0 Å². The molecule has 18 heavy (non-hydrogen) atoms. The molecule has 0 spiro atoms. The van der Waals surface area contributed by atoms with Gasteiger partial charge in [0.2, 0.25) is 0 Å². The number of aromatic nitrogens is 2. The van der Waals surface area contributed by atoms with E-state index in [1.165, 1.54) is 37.7 Å². The van der Waals surface area contributed by atoms with Crippen molar-refractivity contribution in [3.8, 4) is 0 Å². The minimum Gasteiger partial charge on any atom is -0.310 e. The van der Waals surface area contributed by atoms with Gasteiger partial charge in [-0.15, -0.1) is 0 Å². The maximum Gasteiger partial charge on any atom is 0.0537 e. The Morgan fingerprint density at radius 2 is 2.11 bits per heavy atom. The van der Waals surface area contributed by atoms with Crippen molar-refractivity contribution in [3.05, 3.63) is 18.0 Å². The van der Waals surface area contributed by atoms with Crippen molar-refractivity contribution >= 4 is 0 Å². The molecule has 0 aromatic carbocycles. The van der Waals surface area contributed by atoms with Crippen molar-refractivity contribution < 1.29 is 0 Å². The summed E-state index contributed by atoms with van der Waals surface area (Å²) in [5.74, 6) is 2.87. The fourth-order valence-electron chi connectivity index (χ4n) is 3.92. The molecule has 2 fully saturated rings. The molecule has 0 aliphatic heterocycles. The second-order valence-corrected chi connectivity index (χ2v) is 6.07. The third-order valence-corrected chi connectivity index (χ3v) is 4.81. The molecular weight excluding hydrogens is 222 g/mol. The third-order valence-electron chi connectivity index (χ3n) is 4.81. The van der Waals surface area contributed by atoms with Crippen LogP contribution in [-0.4, -0.2) is 16.3 Å². The van der Waals surface area contributed by atoms with Crippen LogP contribution in [0.3, 0.4) is 0 Å². The van der Waals surface area contributed by atoms with Gasteiger partial charge in [0.25, 0.3) is 0 Å². The van der Waals surface area contributed by atoms with Gasteiger partial charge >= 0.3 is 0 Å². The highest BCUT2D eigenvalue weighted by Gasteiger charge is 2.54. The van der Waals surface area contributed by atoms with E-state index in [-0.39, 0.29) is 0 Å². The van der Waals surface area contributed by atoms with Crippen LogP contribution >= 0.6 is 0 Å². The van der Waals surface area contributed by atoms with Gasteiger partial charge in [-0.1, -0.05) is 19.8 Å². The lowest BCUT2D eigenvalue weighted by molar-refractivity contribution is 0.445. The number of hydrogen-bond donors (Lipinski definition) is 1. The van der Waals surface area contributed by atoms with Gasteiger partial charge in [-0.25, -0.2) is 0 Å². The average Bonchev–Trinajstić information content (AvgIpc) is 2.95. The van der Waals surface area contributed by atoms with Gasteiger partial charge in [-0.3, -0.25) is 4.68 Å². The van der Waals surface area contributed by atoms with Crippen molar-refractivity contribution in [1.82, 2.24) is 15.1 Å². The van der Waals surface area contributed by atoms with Gasteiger partial charge in [-0.2, -0.15) is 5.10 Å². The van der Waals surface area contributed by atoms with E-state index in [1.807, 2.05) is 11.7 Å². The molecule has 3 unspecified atom stereocenters. The van der Waals surface area contributed by atoms with Gasteiger partial charge in [-0.05, 0) is 43.6 Å². The summed E-state index contributed by atoms with van der Waals surface area (Å²) in [7, 11) is 2.01. The van der Waals surface area contributed by atoms with E-state index in [9.17, 15) is 0 Å². The minimum absolute atomic E-state index is 0.548. The summed E-state index contributed by atoms with van der Waals surface area (Å²) in [5.41, 5.74) is 1.39. The molecular formula is C15H25N3. The molecule has 2 aliphatic rings. The summed E-state index contributed by atoms with van der Waals surface area (Å²) in [6.45, 7) is 3.36. The van der Waals surface area contributed by atoms with Gasteiger partial charge in [0, 0.05) is 24.8 Å². The highest BCUT2D eigenvalue weighted by atomic mass is 15.2. The Kier molecular flexibility index (Phi) is 3.42. The van der Waals surface area contributed by atoms with Crippen molar-refractivity contribution in [3.63, 3.8) is 0 Å². The Bertz CT molecular complexity index is 386. The van der Waals surface area contributed by atoms with E-state index < -0.39 is 0 Å². The zero-order valence-electron chi connectivity index (χ0n) is 11.6. The predicted octanol–water partition coefficient (Wildman–Crippen LogP) is 2.90. The first-order valence-corrected chi connectivity index (χ1v) is 7.53. The third kappa shape index (κ3) is 2.20. The maximum atomic E-state index is 4.35. The normalized spacial score (nSPS) is 32.0. The summed E-state index contributed by atoms with van der Waals surface area (Å²) in [6.07, 6.45) is 11.3. The van der Waals surface area contributed by atoms with Crippen LogP contribution < -0.4 is 5.32 Å². The first kappa shape index (κ1) is 12.2. The number of nitrogens with one attached hydrogen (secondary N) is 1. The number of fused-ring (bicyclic) bond motifs is 1. The van der Waals surface area contributed by atoms with E-state index in [0.29, 0.717) is 6.04 Å². The molecule has 0 amide bonds.